The molecule has 276 valence electrons. The van der Waals surface area contributed by atoms with Crippen molar-refractivity contribution >= 4 is 64.2 Å². The van der Waals surface area contributed by atoms with E-state index in [1.807, 2.05) is 30.5 Å². The first-order chi connectivity index (χ1) is 24.4. The molecule has 0 saturated carbocycles. The maximum Gasteiger partial charge on any atom is 0.490 e. The molecule has 0 atom stereocenters. The van der Waals surface area contributed by atoms with E-state index in [4.69, 9.17) is 35.9 Å². The van der Waals surface area contributed by atoms with Crippen LogP contribution in [0.5, 0.6) is 0 Å². The highest BCUT2D eigenvalue weighted by Crippen LogP contribution is 2.30. The molecule has 2 aliphatic rings. The molecule has 22 heteroatoms. The molecule has 0 unspecified atom stereocenters. The molecule has 6 rings (SSSR count). The van der Waals surface area contributed by atoms with Crippen LogP contribution in [0.1, 0.15) is 28.1 Å². The van der Waals surface area contributed by atoms with Gasteiger partial charge in [-0.15, -0.1) is 0 Å². The molecule has 2 aliphatic heterocycles. The molecule has 52 heavy (non-hydrogen) atoms. The SMILES string of the molecule is O=C(CC1CN(C(=O)c2ccno2)C1)Nc1ccc2cc1CCc1cncc(c1)Nc1ncc(Cl)c(n1)N2.O=C(O)C(F)(F)F.O=C(O)C(F)(F)F. The van der Waals surface area contributed by atoms with Crippen LogP contribution in [-0.2, 0) is 27.2 Å². The summed E-state index contributed by atoms with van der Waals surface area (Å²) in [6.45, 7) is 1.00. The number of aliphatic carboxylic acids is 2. The largest absolute Gasteiger partial charge is 0.490 e. The Morgan fingerprint density at radius 3 is 2.21 bits per heavy atom. The Hall–Kier alpha value is -5.99. The Bertz CT molecular complexity index is 1900. The number of likely N-dealkylation sites (tertiary alicyclic amines) is 1. The van der Waals surface area contributed by atoms with Crippen molar-refractivity contribution in [3.8, 4) is 0 Å². The number of nitrogens with zero attached hydrogens (tertiary/aromatic N) is 5. The summed E-state index contributed by atoms with van der Waals surface area (Å²) in [4.78, 5) is 57.7. The number of benzene rings is 1. The minimum Gasteiger partial charge on any atom is -0.475 e. The van der Waals surface area contributed by atoms with E-state index in [1.165, 1.54) is 18.5 Å². The van der Waals surface area contributed by atoms with Gasteiger partial charge in [0.15, 0.2) is 5.82 Å². The number of hydrogen-bond donors (Lipinski definition) is 5. The lowest BCUT2D eigenvalue weighted by atomic mass is 9.95. The van der Waals surface area contributed by atoms with Crippen molar-refractivity contribution in [3.05, 3.63) is 77.0 Å². The van der Waals surface area contributed by atoms with E-state index < -0.39 is 24.3 Å². The number of carboxylic acids is 2. The van der Waals surface area contributed by atoms with Crippen molar-refractivity contribution in [2.24, 2.45) is 5.92 Å². The van der Waals surface area contributed by atoms with E-state index in [9.17, 15) is 35.9 Å². The highest BCUT2D eigenvalue weighted by molar-refractivity contribution is 6.32. The van der Waals surface area contributed by atoms with Crippen LogP contribution < -0.4 is 16.0 Å². The molecule has 1 fully saturated rings. The molecule has 3 aromatic heterocycles. The van der Waals surface area contributed by atoms with Crippen molar-refractivity contribution in [2.45, 2.75) is 31.6 Å². The van der Waals surface area contributed by atoms with E-state index in [1.54, 1.807) is 11.1 Å². The maximum atomic E-state index is 12.9. The maximum absolute atomic E-state index is 12.9. The quantitative estimate of drug-likeness (QED) is 0.164. The third-order valence-corrected chi connectivity index (χ3v) is 7.25. The Morgan fingerprint density at radius 1 is 0.923 bits per heavy atom. The molecule has 2 amide bonds. The molecule has 0 aliphatic carbocycles. The summed E-state index contributed by atoms with van der Waals surface area (Å²) in [6.07, 6.45) is -1.95. The molecule has 5 heterocycles. The zero-order chi connectivity index (χ0) is 38.2. The number of carbonyl (C=O) groups is 4. The van der Waals surface area contributed by atoms with Crippen LogP contribution in [0.25, 0.3) is 0 Å². The number of aromatic nitrogens is 4. The zero-order valence-corrected chi connectivity index (χ0v) is 26.9. The number of rotatable bonds is 4. The van der Waals surface area contributed by atoms with Crippen LogP contribution in [0.2, 0.25) is 5.02 Å². The fraction of sp³-hybridized carbons (Fsp3) is 0.267. The van der Waals surface area contributed by atoms with E-state index in [0.717, 1.165) is 34.6 Å². The number of alkyl halides is 6. The van der Waals surface area contributed by atoms with Crippen molar-refractivity contribution in [1.82, 2.24) is 25.0 Å². The van der Waals surface area contributed by atoms with Crippen LogP contribution in [-0.4, -0.2) is 84.4 Å². The van der Waals surface area contributed by atoms with Gasteiger partial charge in [0, 0.05) is 49.1 Å². The lowest BCUT2D eigenvalue weighted by Crippen LogP contribution is -2.50. The lowest BCUT2D eigenvalue weighted by molar-refractivity contribution is -0.193. The molecular formula is C30H25ClF6N8O7. The van der Waals surface area contributed by atoms with Gasteiger partial charge in [-0.25, -0.2) is 14.6 Å². The first kappa shape index (κ1) is 38.8. The van der Waals surface area contributed by atoms with Gasteiger partial charge < -0.3 is 35.6 Å². The molecule has 6 bridgehead atoms. The molecule has 1 aromatic carbocycles. The summed E-state index contributed by atoms with van der Waals surface area (Å²) in [5.41, 5.74) is 4.29. The summed E-state index contributed by atoms with van der Waals surface area (Å²) in [6, 6.07) is 9.26. The Balaban J connectivity index is 0.000000367. The minimum atomic E-state index is -5.08. The Kier molecular flexibility index (Phi) is 12.2. The Morgan fingerprint density at radius 2 is 1.60 bits per heavy atom. The van der Waals surface area contributed by atoms with Crippen molar-refractivity contribution in [2.75, 3.05) is 29.0 Å². The van der Waals surface area contributed by atoms with Gasteiger partial charge in [-0.1, -0.05) is 16.8 Å². The van der Waals surface area contributed by atoms with E-state index >= 15 is 0 Å². The summed E-state index contributed by atoms with van der Waals surface area (Å²) in [7, 11) is 0. The van der Waals surface area contributed by atoms with Gasteiger partial charge in [-0.2, -0.15) is 31.3 Å². The summed E-state index contributed by atoms with van der Waals surface area (Å²) >= 11 is 6.34. The molecule has 15 nitrogen and oxygen atoms in total. The van der Waals surface area contributed by atoms with Gasteiger partial charge in [-0.3, -0.25) is 14.6 Å². The number of fused-ring (bicyclic) bond motifs is 6. The molecule has 5 N–H and O–H groups in total. The van der Waals surface area contributed by atoms with Gasteiger partial charge in [0.05, 0.1) is 24.3 Å². The lowest BCUT2D eigenvalue weighted by Gasteiger charge is -2.38. The fourth-order valence-electron chi connectivity index (χ4n) is 4.56. The number of carboxylic acid groups (broad SMARTS) is 2. The molecular weight excluding hydrogens is 734 g/mol. The van der Waals surface area contributed by atoms with E-state index in [-0.39, 0.29) is 23.5 Å². The third kappa shape index (κ3) is 11.0. The van der Waals surface area contributed by atoms with Gasteiger partial charge in [-0.05, 0) is 48.2 Å². The zero-order valence-electron chi connectivity index (χ0n) is 26.1. The smallest absolute Gasteiger partial charge is 0.475 e. The summed E-state index contributed by atoms with van der Waals surface area (Å²) < 4.78 is 68.4. The highest BCUT2D eigenvalue weighted by atomic mass is 35.5. The van der Waals surface area contributed by atoms with Gasteiger partial charge in [0.25, 0.3) is 5.91 Å². The van der Waals surface area contributed by atoms with Crippen LogP contribution in [0.15, 0.2) is 59.6 Å². The third-order valence-electron chi connectivity index (χ3n) is 6.97. The highest BCUT2D eigenvalue weighted by Gasteiger charge is 2.39. The number of nitrogens with one attached hydrogen (secondary N) is 3. The topological polar surface area (TPSA) is 213 Å². The number of anilines is 5. The van der Waals surface area contributed by atoms with Crippen molar-refractivity contribution in [1.29, 1.82) is 0 Å². The molecule has 0 radical (unpaired) electrons. The predicted molar refractivity (Wildman–Crippen MR) is 168 cm³/mol. The standard InChI is InChI=1S/C26H23ClN8O3.2C2HF3O2/c27-20-12-29-26-32-19-7-15(10-28-11-19)1-2-17-9-18(31-24(20)34-26)3-4-21(17)33-23(36)8-16-13-35(14-16)25(37)22-5-6-30-38-22;2*3-2(4,5)1(6)7/h3-7,9-12,16H,1-2,8,13-14H2,(H,33,36)(H2,29,31,32,34);2*(H,6,7). The van der Waals surface area contributed by atoms with Gasteiger partial charge in [0.1, 0.15) is 5.02 Å². The molecule has 1 saturated heterocycles. The average molecular weight is 759 g/mol. The monoisotopic (exact) mass is 758 g/mol. The van der Waals surface area contributed by atoms with Gasteiger partial charge in [0.2, 0.25) is 17.6 Å². The first-order valence-electron chi connectivity index (χ1n) is 14.6. The van der Waals surface area contributed by atoms with Crippen LogP contribution >= 0.6 is 11.6 Å². The summed E-state index contributed by atoms with van der Waals surface area (Å²) in [5, 5.41) is 27.7. The van der Waals surface area contributed by atoms with Crippen LogP contribution in [0.4, 0.5) is 55.2 Å². The second kappa shape index (κ2) is 16.4. The number of carbonyl (C=O) groups excluding carboxylic acids is 2. The second-order valence-corrected chi connectivity index (χ2v) is 11.3. The fourth-order valence-corrected chi connectivity index (χ4v) is 4.70. The van der Waals surface area contributed by atoms with Crippen molar-refractivity contribution < 1.29 is 60.3 Å². The minimum absolute atomic E-state index is 0.0864. The number of amides is 2. The number of halogens is 7. The van der Waals surface area contributed by atoms with Crippen LogP contribution in [0, 0.1) is 5.92 Å². The van der Waals surface area contributed by atoms with Crippen LogP contribution in [0.3, 0.4) is 0 Å². The van der Waals surface area contributed by atoms with E-state index in [0.29, 0.717) is 42.7 Å². The number of hydrogen-bond acceptors (Lipinski definition) is 11. The Labute approximate surface area is 293 Å². The normalized spacial score (nSPS) is 13.7. The molecule has 4 aromatic rings. The van der Waals surface area contributed by atoms with E-state index in [2.05, 4.69) is 36.1 Å². The second-order valence-electron chi connectivity index (χ2n) is 10.9. The number of aryl methyl sites for hydroxylation is 2. The molecule has 0 spiro atoms. The van der Waals surface area contributed by atoms with Gasteiger partial charge >= 0.3 is 24.3 Å². The average Bonchev–Trinajstić information content (AvgIpc) is 3.59. The first-order valence-corrected chi connectivity index (χ1v) is 15.0. The number of pyridine rings is 1. The summed E-state index contributed by atoms with van der Waals surface area (Å²) in [5.74, 6) is -4.67. The van der Waals surface area contributed by atoms with Crippen molar-refractivity contribution in [3.63, 3.8) is 0 Å². The predicted octanol–water partition coefficient (Wildman–Crippen LogP) is 5.47.